The summed E-state index contributed by atoms with van der Waals surface area (Å²) in [5, 5.41) is 4.89. The van der Waals surface area contributed by atoms with Crippen molar-refractivity contribution >= 4 is 17.4 Å². The summed E-state index contributed by atoms with van der Waals surface area (Å²) in [5.41, 5.74) is 2.22. The van der Waals surface area contributed by atoms with Gasteiger partial charge in [-0.05, 0) is 30.9 Å². The number of aromatic nitrogens is 2. The largest absolute Gasteiger partial charge is 0.345 e. The molecular weight excluding hydrogens is 260 g/mol. The summed E-state index contributed by atoms with van der Waals surface area (Å²) in [6, 6.07) is 1.97. The molecule has 2 heterocycles. The standard InChI is InChI=1S/C13H18N4OS/c1-9-4-5-19-11(9)8-17(3)13(18)15-7-12-14-6-10(2)16-12/h4-6H,7-8H2,1-3H3,(H,14,16)(H,15,18). The molecule has 0 bridgehead atoms. The van der Waals surface area contributed by atoms with Gasteiger partial charge in [-0.1, -0.05) is 0 Å². The second-order valence-corrected chi connectivity index (χ2v) is 5.56. The van der Waals surface area contributed by atoms with Gasteiger partial charge in [-0.3, -0.25) is 0 Å². The molecule has 0 aliphatic rings. The fraction of sp³-hybridized carbons (Fsp3) is 0.385. The van der Waals surface area contributed by atoms with E-state index in [1.807, 2.05) is 12.3 Å². The van der Waals surface area contributed by atoms with E-state index in [1.165, 1.54) is 10.4 Å². The molecule has 0 fully saturated rings. The van der Waals surface area contributed by atoms with Crippen molar-refractivity contribution < 1.29 is 4.79 Å². The fourth-order valence-electron chi connectivity index (χ4n) is 1.70. The van der Waals surface area contributed by atoms with Crippen LogP contribution < -0.4 is 5.32 Å². The van der Waals surface area contributed by atoms with Crippen molar-refractivity contribution in [2.45, 2.75) is 26.9 Å². The number of rotatable bonds is 4. The van der Waals surface area contributed by atoms with Crippen LogP contribution >= 0.6 is 11.3 Å². The first kappa shape index (κ1) is 13.6. The topological polar surface area (TPSA) is 61.0 Å². The molecule has 19 heavy (non-hydrogen) atoms. The SMILES string of the molecule is Cc1cnc(CNC(=O)N(C)Cc2sccc2C)[nH]1. The van der Waals surface area contributed by atoms with Gasteiger partial charge in [-0.2, -0.15) is 0 Å². The molecule has 0 saturated heterocycles. The van der Waals surface area contributed by atoms with Crippen molar-refractivity contribution in [2.24, 2.45) is 0 Å². The zero-order valence-electron chi connectivity index (χ0n) is 11.4. The number of nitrogens with one attached hydrogen (secondary N) is 2. The number of aromatic amines is 1. The Morgan fingerprint density at radius 1 is 1.53 bits per heavy atom. The number of hydrogen-bond acceptors (Lipinski definition) is 3. The number of hydrogen-bond donors (Lipinski definition) is 2. The number of aryl methyl sites for hydroxylation is 2. The Hall–Kier alpha value is -1.82. The lowest BCUT2D eigenvalue weighted by Crippen LogP contribution is -2.36. The normalized spacial score (nSPS) is 10.5. The average molecular weight is 278 g/mol. The summed E-state index contributed by atoms with van der Waals surface area (Å²) in [7, 11) is 1.79. The van der Waals surface area contributed by atoms with Crippen molar-refractivity contribution in [3.05, 3.63) is 39.6 Å². The number of carbonyl (C=O) groups is 1. The zero-order chi connectivity index (χ0) is 13.8. The highest BCUT2D eigenvalue weighted by Crippen LogP contribution is 2.17. The van der Waals surface area contributed by atoms with E-state index in [0.717, 1.165) is 11.5 Å². The van der Waals surface area contributed by atoms with E-state index in [2.05, 4.69) is 28.3 Å². The number of carbonyl (C=O) groups excluding carboxylic acids is 1. The maximum absolute atomic E-state index is 11.9. The highest BCUT2D eigenvalue weighted by atomic mass is 32.1. The Morgan fingerprint density at radius 2 is 2.32 bits per heavy atom. The van der Waals surface area contributed by atoms with Gasteiger partial charge in [0.15, 0.2) is 0 Å². The number of nitrogens with zero attached hydrogens (tertiary/aromatic N) is 2. The highest BCUT2D eigenvalue weighted by Gasteiger charge is 2.11. The van der Waals surface area contributed by atoms with Crippen LogP contribution in [0.2, 0.25) is 0 Å². The van der Waals surface area contributed by atoms with Crippen molar-refractivity contribution in [3.8, 4) is 0 Å². The highest BCUT2D eigenvalue weighted by molar-refractivity contribution is 7.10. The van der Waals surface area contributed by atoms with E-state index < -0.39 is 0 Å². The van der Waals surface area contributed by atoms with Gasteiger partial charge in [-0.25, -0.2) is 9.78 Å². The molecule has 102 valence electrons. The van der Waals surface area contributed by atoms with Crippen LogP contribution in [0.1, 0.15) is 22.0 Å². The van der Waals surface area contributed by atoms with E-state index in [4.69, 9.17) is 0 Å². The lowest BCUT2D eigenvalue weighted by molar-refractivity contribution is 0.206. The van der Waals surface area contributed by atoms with E-state index in [1.54, 1.807) is 29.5 Å². The molecule has 0 atom stereocenters. The van der Waals surface area contributed by atoms with Crippen LogP contribution in [0.3, 0.4) is 0 Å². The Morgan fingerprint density at radius 3 is 2.89 bits per heavy atom. The summed E-state index contributed by atoms with van der Waals surface area (Å²) in [6.07, 6.45) is 1.75. The smallest absolute Gasteiger partial charge is 0.317 e. The molecule has 2 N–H and O–H groups in total. The quantitative estimate of drug-likeness (QED) is 0.902. The Balaban J connectivity index is 1.84. The second kappa shape index (κ2) is 5.88. The third kappa shape index (κ3) is 3.57. The molecule has 0 unspecified atom stereocenters. The lowest BCUT2D eigenvalue weighted by Gasteiger charge is -2.17. The van der Waals surface area contributed by atoms with Gasteiger partial charge in [0, 0.05) is 23.8 Å². The number of imidazole rings is 1. The van der Waals surface area contributed by atoms with Crippen LogP contribution in [0.5, 0.6) is 0 Å². The summed E-state index contributed by atoms with van der Waals surface area (Å²) < 4.78 is 0. The molecule has 5 nitrogen and oxygen atoms in total. The predicted molar refractivity (Wildman–Crippen MR) is 76.1 cm³/mol. The minimum absolute atomic E-state index is 0.0955. The monoisotopic (exact) mass is 278 g/mol. The number of amides is 2. The van der Waals surface area contributed by atoms with E-state index in [-0.39, 0.29) is 6.03 Å². The van der Waals surface area contributed by atoms with Gasteiger partial charge in [0.25, 0.3) is 0 Å². The molecule has 0 saturated carbocycles. The molecule has 2 aromatic rings. The van der Waals surface area contributed by atoms with Crippen molar-refractivity contribution in [1.82, 2.24) is 20.2 Å². The molecule has 2 amide bonds. The van der Waals surface area contributed by atoms with Crippen LogP contribution in [0.25, 0.3) is 0 Å². The van der Waals surface area contributed by atoms with Crippen LogP contribution in [0, 0.1) is 13.8 Å². The van der Waals surface area contributed by atoms with Gasteiger partial charge in [0.2, 0.25) is 0 Å². The summed E-state index contributed by atoms with van der Waals surface area (Å²) in [6.45, 7) is 5.04. The first-order valence-corrected chi connectivity index (χ1v) is 6.96. The molecule has 0 aromatic carbocycles. The molecule has 0 spiro atoms. The first-order chi connectivity index (χ1) is 9.06. The van der Waals surface area contributed by atoms with E-state index >= 15 is 0 Å². The fourth-order valence-corrected chi connectivity index (χ4v) is 2.66. The van der Waals surface area contributed by atoms with E-state index in [0.29, 0.717) is 13.1 Å². The van der Waals surface area contributed by atoms with Crippen molar-refractivity contribution in [1.29, 1.82) is 0 Å². The van der Waals surface area contributed by atoms with Gasteiger partial charge in [0.1, 0.15) is 5.82 Å². The zero-order valence-corrected chi connectivity index (χ0v) is 12.2. The summed E-state index contributed by atoms with van der Waals surface area (Å²) in [4.78, 5) is 22.1. The van der Waals surface area contributed by atoms with Crippen LogP contribution in [0.15, 0.2) is 17.6 Å². The van der Waals surface area contributed by atoms with Crippen molar-refractivity contribution in [2.75, 3.05) is 7.05 Å². The average Bonchev–Trinajstić information content (AvgIpc) is 2.96. The molecule has 0 aliphatic heterocycles. The third-order valence-electron chi connectivity index (χ3n) is 2.86. The minimum atomic E-state index is -0.0955. The van der Waals surface area contributed by atoms with Gasteiger partial charge in [-0.15, -0.1) is 11.3 Å². The van der Waals surface area contributed by atoms with Crippen LogP contribution in [-0.2, 0) is 13.1 Å². The van der Waals surface area contributed by atoms with Gasteiger partial charge in [0.05, 0.1) is 13.1 Å². The molecule has 2 aromatic heterocycles. The first-order valence-electron chi connectivity index (χ1n) is 6.08. The number of thiophene rings is 1. The van der Waals surface area contributed by atoms with Gasteiger partial charge < -0.3 is 15.2 Å². The second-order valence-electron chi connectivity index (χ2n) is 4.55. The van der Waals surface area contributed by atoms with Crippen LogP contribution in [-0.4, -0.2) is 27.9 Å². The maximum atomic E-state index is 11.9. The van der Waals surface area contributed by atoms with Gasteiger partial charge >= 0.3 is 6.03 Å². The maximum Gasteiger partial charge on any atom is 0.317 e. The Bertz CT molecular complexity index is 560. The van der Waals surface area contributed by atoms with E-state index in [9.17, 15) is 4.79 Å². The lowest BCUT2D eigenvalue weighted by atomic mass is 10.3. The minimum Gasteiger partial charge on any atom is -0.345 e. The Labute approximate surface area is 116 Å². The predicted octanol–water partition coefficient (Wildman–Crippen LogP) is 2.43. The molecule has 6 heteroatoms. The molecule has 0 aliphatic carbocycles. The van der Waals surface area contributed by atoms with Crippen LogP contribution in [0.4, 0.5) is 4.79 Å². The summed E-state index contributed by atoms with van der Waals surface area (Å²) >= 11 is 1.67. The molecular formula is C13H18N4OS. The van der Waals surface area contributed by atoms with Crippen molar-refractivity contribution in [3.63, 3.8) is 0 Å². The number of urea groups is 1. The summed E-state index contributed by atoms with van der Waals surface area (Å²) in [5.74, 6) is 0.770. The molecule has 2 rings (SSSR count). The number of H-pyrrole nitrogens is 1. The molecule has 0 radical (unpaired) electrons. The third-order valence-corrected chi connectivity index (χ3v) is 3.87. The Kier molecular flexibility index (Phi) is 4.21.